The van der Waals surface area contributed by atoms with Crippen molar-refractivity contribution >= 4 is 38.1 Å². The number of benzene rings is 1. The quantitative estimate of drug-likeness (QED) is 0.707. The van der Waals surface area contributed by atoms with Crippen LogP contribution in [0.1, 0.15) is 0 Å². The van der Waals surface area contributed by atoms with Gasteiger partial charge in [-0.1, -0.05) is 0 Å². The molecular formula is C6H8ClNO2S2. The Morgan fingerprint density at radius 2 is 1.75 bits per heavy atom. The van der Waals surface area contributed by atoms with Gasteiger partial charge in [0.1, 0.15) is 0 Å². The summed E-state index contributed by atoms with van der Waals surface area (Å²) in [6.07, 6.45) is 0. The molecule has 0 fully saturated rings. The molecule has 1 rings (SSSR count). The molecule has 3 N–H and O–H groups in total. The van der Waals surface area contributed by atoms with Gasteiger partial charge in [-0.05, 0) is 24.3 Å². The molecule has 6 heteroatoms. The topological polar surface area (TPSA) is 63.3 Å². The minimum Gasteiger partial charge on any atom is -0.399 e. The second-order valence-electron chi connectivity index (χ2n) is 2.04. The molecule has 1 aromatic rings. The van der Waals surface area contributed by atoms with Gasteiger partial charge in [0.2, 0.25) is 0 Å². The number of halogens is 1. The first-order valence-corrected chi connectivity index (χ1v) is 5.27. The summed E-state index contributed by atoms with van der Waals surface area (Å²) in [5, 5.41) is 0. The van der Waals surface area contributed by atoms with E-state index < -0.39 is 8.77 Å². The van der Waals surface area contributed by atoms with Crippen molar-refractivity contribution in [2.24, 2.45) is 0 Å². The van der Waals surface area contributed by atoms with Gasteiger partial charge in [-0.15, -0.1) is 12.4 Å². The molecule has 0 saturated heterocycles. The molecule has 68 valence electrons. The first-order valence-electron chi connectivity index (χ1n) is 2.83. The van der Waals surface area contributed by atoms with Gasteiger partial charge in [0, 0.05) is 16.9 Å². The summed E-state index contributed by atoms with van der Waals surface area (Å²) in [6, 6.07) is 5.98. The number of nitrogen functional groups attached to an aromatic ring is 1. The molecule has 0 radical (unpaired) electrons. The third-order valence-corrected chi connectivity index (χ3v) is 2.62. The van der Waals surface area contributed by atoms with E-state index in [1.807, 2.05) is 0 Å². The Morgan fingerprint density at radius 1 is 1.33 bits per heavy atom. The fourth-order valence-corrected chi connectivity index (χ4v) is 1.45. The Labute approximate surface area is 81.9 Å². The van der Waals surface area contributed by atoms with Crippen molar-refractivity contribution in [1.29, 1.82) is 0 Å². The van der Waals surface area contributed by atoms with Crippen LogP contribution in [0.3, 0.4) is 0 Å². The van der Waals surface area contributed by atoms with Crippen molar-refractivity contribution in [3.05, 3.63) is 24.3 Å². The SMILES string of the molecule is Cl.Nc1ccc(S(=O)(O)=S)cc1. The smallest absolute Gasteiger partial charge is 0.171 e. The van der Waals surface area contributed by atoms with Crippen LogP contribution in [0.4, 0.5) is 5.69 Å². The number of nitrogens with two attached hydrogens (primary N) is 1. The van der Waals surface area contributed by atoms with Gasteiger partial charge >= 0.3 is 0 Å². The zero-order valence-electron chi connectivity index (χ0n) is 5.97. The Balaban J connectivity index is 0.00000121. The minimum absolute atomic E-state index is 0. The number of rotatable bonds is 1. The predicted molar refractivity (Wildman–Crippen MR) is 54.5 cm³/mol. The molecule has 0 bridgehead atoms. The van der Waals surface area contributed by atoms with E-state index in [0.717, 1.165) is 0 Å². The monoisotopic (exact) mass is 225 g/mol. The van der Waals surface area contributed by atoms with Gasteiger partial charge in [0.25, 0.3) is 0 Å². The second-order valence-corrected chi connectivity index (χ2v) is 4.82. The third-order valence-electron chi connectivity index (χ3n) is 1.18. The molecule has 0 aromatic heterocycles. The van der Waals surface area contributed by atoms with Gasteiger partial charge in [0.15, 0.2) is 8.77 Å². The maximum Gasteiger partial charge on any atom is 0.171 e. The van der Waals surface area contributed by atoms with Crippen LogP contribution in [0.5, 0.6) is 0 Å². The Bertz CT molecular complexity index is 346. The van der Waals surface area contributed by atoms with E-state index >= 15 is 0 Å². The van der Waals surface area contributed by atoms with E-state index in [-0.39, 0.29) is 17.3 Å². The van der Waals surface area contributed by atoms with Crippen LogP contribution in [0.15, 0.2) is 29.2 Å². The summed E-state index contributed by atoms with van der Waals surface area (Å²) in [6.45, 7) is 0. The molecule has 3 nitrogen and oxygen atoms in total. The summed E-state index contributed by atoms with van der Waals surface area (Å²) >= 11 is 4.34. The van der Waals surface area contributed by atoms with Crippen molar-refractivity contribution < 1.29 is 8.76 Å². The van der Waals surface area contributed by atoms with E-state index in [4.69, 9.17) is 10.3 Å². The van der Waals surface area contributed by atoms with E-state index in [9.17, 15) is 4.21 Å². The molecule has 1 atom stereocenters. The maximum atomic E-state index is 10.8. The van der Waals surface area contributed by atoms with Crippen LogP contribution in [0.25, 0.3) is 0 Å². The first-order chi connectivity index (χ1) is 5.00. The summed E-state index contributed by atoms with van der Waals surface area (Å²) in [4.78, 5) is 0.224. The Morgan fingerprint density at radius 3 is 2.08 bits per heavy atom. The van der Waals surface area contributed by atoms with Crippen molar-refractivity contribution in [3.63, 3.8) is 0 Å². The van der Waals surface area contributed by atoms with Gasteiger partial charge in [-0.2, -0.15) is 0 Å². The lowest BCUT2D eigenvalue weighted by atomic mass is 10.3. The molecule has 0 saturated carbocycles. The summed E-state index contributed by atoms with van der Waals surface area (Å²) in [7, 11) is -3.24. The van der Waals surface area contributed by atoms with E-state index in [1.54, 1.807) is 0 Å². The number of hydrogen-bond donors (Lipinski definition) is 2. The fourth-order valence-electron chi connectivity index (χ4n) is 0.640. The molecule has 0 aliphatic carbocycles. The number of hydrogen-bond acceptors (Lipinski definition) is 3. The van der Waals surface area contributed by atoms with Crippen molar-refractivity contribution in [2.45, 2.75) is 4.90 Å². The normalized spacial score (nSPS) is 14.4. The zero-order valence-corrected chi connectivity index (χ0v) is 8.42. The molecule has 0 aliphatic rings. The molecule has 12 heavy (non-hydrogen) atoms. The highest BCUT2D eigenvalue weighted by Gasteiger charge is 2.02. The van der Waals surface area contributed by atoms with E-state index in [1.165, 1.54) is 24.3 Å². The lowest BCUT2D eigenvalue weighted by Crippen LogP contribution is -1.95. The second kappa shape index (κ2) is 4.04. The molecule has 0 spiro atoms. The summed E-state index contributed by atoms with van der Waals surface area (Å²) in [5.74, 6) is 0. The highest BCUT2D eigenvalue weighted by Crippen LogP contribution is 2.10. The highest BCUT2D eigenvalue weighted by molar-refractivity contribution is 8.29. The van der Waals surface area contributed by atoms with Crippen LogP contribution >= 0.6 is 12.4 Å². The van der Waals surface area contributed by atoms with E-state index in [2.05, 4.69) is 11.2 Å². The van der Waals surface area contributed by atoms with Gasteiger partial charge < -0.3 is 10.3 Å². The lowest BCUT2D eigenvalue weighted by Gasteiger charge is -1.98. The van der Waals surface area contributed by atoms with Crippen LogP contribution in [-0.2, 0) is 20.0 Å². The average Bonchev–Trinajstić information content (AvgIpc) is 1.86. The van der Waals surface area contributed by atoms with Gasteiger partial charge in [-0.3, -0.25) is 0 Å². The molecule has 1 unspecified atom stereocenters. The molecule has 0 aliphatic heterocycles. The third kappa shape index (κ3) is 2.94. The molecule has 1 aromatic carbocycles. The largest absolute Gasteiger partial charge is 0.399 e. The fraction of sp³-hybridized carbons (Fsp3) is 0. The maximum absolute atomic E-state index is 10.8. The average molecular weight is 226 g/mol. The lowest BCUT2D eigenvalue weighted by molar-refractivity contribution is 0.562. The zero-order chi connectivity index (χ0) is 8.48. The Hall–Kier alpha value is -0.360. The highest BCUT2D eigenvalue weighted by atomic mass is 35.5. The first kappa shape index (κ1) is 11.6. The van der Waals surface area contributed by atoms with Gasteiger partial charge in [-0.25, -0.2) is 4.21 Å². The van der Waals surface area contributed by atoms with Gasteiger partial charge in [0.05, 0.1) is 4.90 Å². The van der Waals surface area contributed by atoms with Crippen LogP contribution in [0, 0.1) is 0 Å². The summed E-state index contributed by atoms with van der Waals surface area (Å²) in [5.41, 5.74) is 5.91. The number of anilines is 1. The Kier molecular flexibility index (Phi) is 3.92. The van der Waals surface area contributed by atoms with Crippen molar-refractivity contribution in [2.75, 3.05) is 5.73 Å². The van der Waals surface area contributed by atoms with Crippen molar-refractivity contribution in [3.8, 4) is 0 Å². The van der Waals surface area contributed by atoms with E-state index in [0.29, 0.717) is 5.69 Å². The van der Waals surface area contributed by atoms with Crippen LogP contribution < -0.4 is 5.73 Å². The molecular weight excluding hydrogens is 218 g/mol. The van der Waals surface area contributed by atoms with Crippen molar-refractivity contribution in [1.82, 2.24) is 0 Å². The van der Waals surface area contributed by atoms with Crippen LogP contribution in [-0.4, -0.2) is 8.76 Å². The predicted octanol–water partition coefficient (Wildman–Crippen LogP) is 1.27. The van der Waals surface area contributed by atoms with Crippen LogP contribution in [0.2, 0.25) is 0 Å². The molecule has 0 amide bonds. The summed E-state index contributed by atoms with van der Waals surface area (Å²) < 4.78 is 19.7. The minimum atomic E-state index is -3.24. The standard InChI is InChI=1S/C6H7NO2S2.ClH/c7-5-1-3-6(4-2-5)11(8,9)10;/h1-4H,7H2,(H,8,9,10);1H. The molecule has 0 heterocycles.